The van der Waals surface area contributed by atoms with Crippen molar-refractivity contribution in [1.82, 2.24) is 29.6 Å². The summed E-state index contributed by atoms with van der Waals surface area (Å²) in [6.07, 6.45) is 7.99. The summed E-state index contributed by atoms with van der Waals surface area (Å²) in [5.41, 5.74) is 12.1. The number of aromatic nitrogens is 2. The molecule has 6 aromatic rings. The summed E-state index contributed by atoms with van der Waals surface area (Å²) in [4.78, 5) is 76.8. The van der Waals surface area contributed by atoms with Crippen molar-refractivity contribution >= 4 is 51.8 Å². The van der Waals surface area contributed by atoms with Crippen LogP contribution in [0.4, 0.5) is 0 Å². The summed E-state index contributed by atoms with van der Waals surface area (Å²) in [6, 6.07) is 38.6. The normalized spacial score (nSPS) is 17.1. The second kappa shape index (κ2) is 21.2. The Morgan fingerprint density at radius 1 is 0.514 bits per heavy atom. The van der Waals surface area contributed by atoms with E-state index in [1.807, 2.05) is 140 Å². The molecule has 2 N–H and O–H groups in total. The Balaban J connectivity index is 0.00000722. The van der Waals surface area contributed by atoms with E-state index in [0.717, 1.165) is 61.1 Å². The van der Waals surface area contributed by atoms with Crippen molar-refractivity contribution in [3.63, 3.8) is 0 Å². The zero-order valence-corrected chi connectivity index (χ0v) is 42.0. The second-order valence-corrected chi connectivity index (χ2v) is 17.9. The number of rotatable bonds is 9. The van der Waals surface area contributed by atoms with Gasteiger partial charge >= 0.3 is 0 Å². The summed E-state index contributed by atoms with van der Waals surface area (Å²) in [7, 11) is 13.9. The van der Waals surface area contributed by atoms with Crippen LogP contribution in [-0.4, -0.2) is 128 Å². The summed E-state index contributed by atoms with van der Waals surface area (Å²) in [6.45, 7) is 2.28. The van der Waals surface area contributed by atoms with Crippen molar-refractivity contribution in [2.45, 2.75) is 12.8 Å². The molecule has 2 aliphatic heterocycles. The molecule has 0 spiro atoms. The number of allylic oxidation sites excluding steroid dienone is 4. The number of aromatic amines is 2. The van der Waals surface area contributed by atoms with Gasteiger partial charge in [0.15, 0.2) is 0 Å². The van der Waals surface area contributed by atoms with Gasteiger partial charge in [0.05, 0.1) is 23.7 Å². The summed E-state index contributed by atoms with van der Waals surface area (Å²) in [5.74, 6) is -0.678. The van der Waals surface area contributed by atoms with E-state index < -0.39 is 0 Å². The van der Waals surface area contributed by atoms with E-state index in [2.05, 4.69) is 22.1 Å². The zero-order valence-electron chi connectivity index (χ0n) is 40.8. The molecular formula is C57H56MnN8O4. The van der Waals surface area contributed by atoms with Crippen molar-refractivity contribution in [3.8, 4) is 0 Å². The molecule has 0 saturated heterocycles. The number of hydrogen-bond donors (Lipinski definition) is 2. The predicted octanol–water partition coefficient (Wildman–Crippen LogP) is 7.18. The zero-order chi connectivity index (χ0) is 49.1. The molecule has 4 aromatic carbocycles. The third-order valence-electron chi connectivity index (χ3n) is 12.2. The van der Waals surface area contributed by atoms with Crippen molar-refractivity contribution in [2.24, 2.45) is 9.98 Å². The molecule has 0 saturated carbocycles. The average molecular weight is 972 g/mol. The molecule has 8 rings (SSSR count). The topological polar surface area (TPSA) is 138 Å². The number of nitrogens with one attached hydrogen (secondary N) is 2. The molecule has 1 radical (unpaired) electrons. The molecule has 0 aliphatic carbocycles. The first-order valence-electron chi connectivity index (χ1n) is 22.7. The number of nitrogens with zero attached hydrogens (tertiary/aromatic N) is 6. The van der Waals surface area contributed by atoms with Crippen molar-refractivity contribution in [1.29, 1.82) is 0 Å². The maximum atomic E-state index is 13.1. The summed E-state index contributed by atoms with van der Waals surface area (Å²) in [5, 5.41) is 1.57. The third kappa shape index (κ3) is 10.3. The molecule has 12 nitrogen and oxygen atoms in total. The van der Waals surface area contributed by atoms with E-state index in [1.54, 1.807) is 76.0 Å². The Labute approximate surface area is 419 Å². The molecule has 1 atom stereocenters. The molecule has 2 aliphatic rings. The SMILES string of the molecule is C/C=C\C1=NCC(c2ccc(C(=O)N(C)C)cc2)c2ccc([nH]2)/C(c2ccc(C(=O)N(C)C)cc2)=C2/C=CC(=N2)/C(c2ccc(C(=O)N(C)C)cc2)=c2/cc/c([nH]2)=C/1c1ccc(C(=O)N(C)C)cc1.[Mn]. The fraction of sp³-hybridized carbons (Fsp3) is 0.193. The van der Waals surface area contributed by atoms with Gasteiger partial charge in [0, 0.05) is 140 Å². The van der Waals surface area contributed by atoms with E-state index in [4.69, 9.17) is 9.98 Å². The molecule has 4 amide bonds. The number of amides is 4. The quantitative estimate of drug-likeness (QED) is 0.149. The molecule has 4 heterocycles. The molecule has 70 heavy (non-hydrogen) atoms. The molecule has 355 valence electrons. The van der Waals surface area contributed by atoms with Crippen LogP contribution in [0.5, 0.6) is 0 Å². The van der Waals surface area contributed by atoms with Gasteiger partial charge in [-0.25, -0.2) is 4.99 Å². The Morgan fingerprint density at radius 3 is 1.40 bits per heavy atom. The maximum absolute atomic E-state index is 13.1. The molecule has 6 bridgehead atoms. The second-order valence-electron chi connectivity index (χ2n) is 17.9. The molecule has 1 unspecified atom stereocenters. The number of fused-ring (bicyclic) bond motifs is 5. The first-order valence-corrected chi connectivity index (χ1v) is 22.7. The van der Waals surface area contributed by atoms with Gasteiger partial charge in [-0.15, -0.1) is 0 Å². The number of benzene rings is 4. The monoisotopic (exact) mass is 971 g/mol. The molecule has 2 aromatic heterocycles. The predicted molar refractivity (Wildman–Crippen MR) is 275 cm³/mol. The van der Waals surface area contributed by atoms with Gasteiger partial charge in [-0.1, -0.05) is 54.6 Å². The van der Waals surface area contributed by atoms with Crippen LogP contribution in [0.15, 0.2) is 161 Å². The minimum Gasteiger partial charge on any atom is -0.358 e. The molecule has 13 heteroatoms. The van der Waals surface area contributed by atoms with Crippen LogP contribution in [0.2, 0.25) is 0 Å². The fourth-order valence-electron chi connectivity index (χ4n) is 8.59. The first-order chi connectivity index (χ1) is 33.1. The van der Waals surface area contributed by atoms with Crippen molar-refractivity contribution in [2.75, 3.05) is 62.9 Å². The largest absolute Gasteiger partial charge is 0.358 e. The van der Waals surface area contributed by atoms with Crippen LogP contribution in [-0.2, 0) is 17.1 Å². The molecule has 0 fully saturated rings. The van der Waals surface area contributed by atoms with E-state index in [-0.39, 0.29) is 46.6 Å². The van der Waals surface area contributed by atoms with E-state index >= 15 is 0 Å². The van der Waals surface area contributed by atoms with Gasteiger partial charge < -0.3 is 29.6 Å². The van der Waals surface area contributed by atoms with Gasteiger partial charge in [0.1, 0.15) is 0 Å². The fourth-order valence-corrected chi connectivity index (χ4v) is 8.59. The molecular weight excluding hydrogens is 916 g/mol. The van der Waals surface area contributed by atoms with Crippen molar-refractivity contribution < 1.29 is 36.2 Å². The van der Waals surface area contributed by atoms with Crippen LogP contribution >= 0.6 is 0 Å². The van der Waals surface area contributed by atoms with Crippen molar-refractivity contribution in [3.05, 3.63) is 218 Å². The van der Waals surface area contributed by atoms with E-state index in [1.165, 1.54) is 0 Å². The standard InChI is InChI=1S/C57H56N8O4.Mn/c1-10-11-45-51(36-14-22-40(23-15-36)55(67)63(4)5)46-30-31-49(60-46)53(38-18-26-42(27-19-38)57(69)65(8)9)50-33-32-48(61-50)52(37-16-24-41(25-17-37)56(68)64(6)7)47-29-28-44(59-47)43(34-58-45)35-12-20-39(21-13-35)54(66)62(2)3;/h10-33,43,59-60H,34H2,1-9H3;/b11-10-,51-46-,52-48-,53-49-,58-45?;. The number of H-pyrrole nitrogens is 2. The summed E-state index contributed by atoms with van der Waals surface area (Å²) < 4.78 is 0. The van der Waals surface area contributed by atoms with Gasteiger partial charge in [-0.2, -0.15) is 0 Å². The minimum atomic E-state index is -0.289. The van der Waals surface area contributed by atoms with Crippen LogP contribution in [0, 0.1) is 0 Å². The number of aliphatic imine (C=N–C) groups is 2. The minimum absolute atomic E-state index is 0. The van der Waals surface area contributed by atoms with Crippen LogP contribution in [0.3, 0.4) is 0 Å². The van der Waals surface area contributed by atoms with Crippen LogP contribution < -0.4 is 10.7 Å². The van der Waals surface area contributed by atoms with Gasteiger partial charge in [0.2, 0.25) is 0 Å². The Bertz CT molecular complexity index is 3260. The smallest absolute Gasteiger partial charge is 0.253 e. The van der Waals surface area contributed by atoms with Gasteiger partial charge in [-0.3, -0.25) is 24.2 Å². The Kier molecular flexibility index (Phi) is 15.1. The van der Waals surface area contributed by atoms with Crippen LogP contribution in [0.25, 0.3) is 16.7 Å². The van der Waals surface area contributed by atoms with E-state index in [0.29, 0.717) is 45.9 Å². The third-order valence-corrected chi connectivity index (χ3v) is 12.2. The number of carbonyl (C=O) groups excluding carboxylic acids is 4. The van der Waals surface area contributed by atoms with E-state index in [9.17, 15) is 19.2 Å². The van der Waals surface area contributed by atoms with Crippen LogP contribution in [0.1, 0.15) is 87.9 Å². The first kappa shape index (κ1) is 50.0. The Morgan fingerprint density at radius 2 is 0.943 bits per heavy atom. The number of hydrogen-bond acceptors (Lipinski definition) is 6. The van der Waals surface area contributed by atoms with Gasteiger partial charge in [0.25, 0.3) is 23.6 Å². The Hall–Kier alpha value is -7.86. The average Bonchev–Trinajstić information content (AvgIpc) is 4.15. The van der Waals surface area contributed by atoms with Gasteiger partial charge in [-0.05, 0) is 120 Å². The summed E-state index contributed by atoms with van der Waals surface area (Å²) >= 11 is 0. The maximum Gasteiger partial charge on any atom is 0.253 e. The number of carbonyl (C=O) groups is 4.